The predicted octanol–water partition coefficient (Wildman–Crippen LogP) is 5.11. The molecule has 1 aliphatic heterocycles. The first-order valence-electron chi connectivity index (χ1n) is 9.65. The smallest absolute Gasteiger partial charge is 0.310 e. The summed E-state index contributed by atoms with van der Waals surface area (Å²) in [6.45, 7) is 1.51. The second-order valence-corrected chi connectivity index (χ2v) is 7.24. The Bertz CT molecular complexity index is 866. The van der Waals surface area contributed by atoms with E-state index < -0.39 is 30.0 Å². The van der Waals surface area contributed by atoms with Gasteiger partial charge in [-0.05, 0) is 42.3 Å². The van der Waals surface area contributed by atoms with Crippen molar-refractivity contribution in [2.75, 3.05) is 31.3 Å². The van der Waals surface area contributed by atoms with Gasteiger partial charge in [-0.3, -0.25) is 4.79 Å². The maximum atomic E-state index is 13.9. The Labute approximate surface area is 167 Å². The number of carboxylic acids is 1. The molecule has 0 aliphatic carbocycles. The first kappa shape index (κ1) is 21.0. The number of nitrogens with zero attached hydrogens (tertiary/aromatic N) is 1. The van der Waals surface area contributed by atoms with Gasteiger partial charge in [0.2, 0.25) is 0 Å². The van der Waals surface area contributed by atoms with Gasteiger partial charge in [-0.2, -0.15) is 8.78 Å². The number of hydrogen-bond donors (Lipinski definition) is 1. The van der Waals surface area contributed by atoms with E-state index in [1.165, 1.54) is 18.2 Å². The zero-order valence-corrected chi connectivity index (χ0v) is 16.2. The van der Waals surface area contributed by atoms with E-state index in [0.717, 1.165) is 18.5 Å². The molecule has 0 radical (unpaired) electrons. The van der Waals surface area contributed by atoms with Gasteiger partial charge in [-0.1, -0.05) is 25.5 Å². The highest BCUT2D eigenvalue weighted by Gasteiger charge is 2.34. The number of halogens is 3. The van der Waals surface area contributed by atoms with Crippen molar-refractivity contribution < 1.29 is 27.8 Å². The van der Waals surface area contributed by atoms with Crippen LogP contribution >= 0.6 is 0 Å². The van der Waals surface area contributed by atoms with Gasteiger partial charge in [0.15, 0.2) is 6.67 Å². The average molecular weight is 407 g/mol. The lowest BCUT2D eigenvalue weighted by Gasteiger charge is -2.38. The highest BCUT2D eigenvalue weighted by molar-refractivity contribution is 5.77. The van der Waals surface area contributed by atoms with Gasteiger partial charge in [-0.25, -0.2) is 4.39 Å². The molecule has 1 fully saturated rings. The fraction of sp³-hybridized carbons (Fsp3) is 0.409. The number of aliphatic carboxylic acids is 1. The molecule has 0 amide bonds. The maximum Gasteiger partial charge on any atom is 0.310 e. The summed E-state index contributed by atoms with van der Waals surface area (Å²) >= 11 is 0. The minimum absolute atomic E-state index is 0.401. The molecule has 0 atom stereocenters. The molecule has 1 saturated heterocycles. The molecular formula is C22H24F3NO3. The van der Waals surface area contributed by atoms with E-state index in [4.69, 9.17) is 9.84 Å². The van der Waals surface area contributed by atoms with Gasteiger partial charge in [-0.15, -0.1) is 0 Å². The van der Waals surface area contributed by atoms with Crippen LogP contribution in [0.1, 0.15) is 25.3 Å². The van der Waals surface area contributed by atoms with Crippen molar-refractivity contribution >= 4 is 11.7 Å². The Morgan fingerprint density at radius 3 is 2.66 bits per heavy atom. The molecule has 156 valence electrons. The van der Waals surface area contributed by atoms with Crippen LogP contribution in [-0.4, -0.2) is 37.4 Å². The lowest BCUT2D eigenvalue weighted by Crippen LogP contribution is -2.50. The number of hydrogen-bond acceptors (Lipinski definition) is 3. The lowest BCUT2D eigenvalue weighted by atomic mass is 9.96. The van der Waals surface area contributed by atoms with Crippen LogP contribution in [0.25, 0.3) is 11.1 Å². The molecule has 3 rings (SSSR count). The molecule has 7 heteroatoms. The van der Waals surface area contributed by atoms with Crippen LogP contribution in [0.2, 0.25) is 0 Å². The molecule has 2 aromatic carbocycles. The number of rotatable bonds is 9. The van der Waals surface area contributed by atoms with E-state index >= 15 is 0 Å². The summed E-state index contributed by atoms with van der Waals surface area (Å²) in [4.78, 5) is 12.9. The molecular weight excluding hydrogens is 383 g/mol. The number of anilines is 1. The van der Waals surface area contributed by atoms with Crippen molar-refractivity contribution in [1.29, 1.82) is 0 Å². The van der Waals surface area contributed by atoms with Gasteiger partial charge in [0, 0.05) is 29.9 Å². The van der Waals surface area contributed by atoms with Crippen molar-refractivity contribution in [1.82, 2.24) is 0 Å². The van der Waals surface area contributed by atoms with Gasteiger partial charge < -0.3 is 14.7 Å². The Hall–Kier alpha value is -2.70. The molecule has 0 aromatic heterocycles. The Kier molecular flexibility index (Phi) is 6.35. The fourth-order valence-electron chi connectivity index (χ4n) is 3.23. The molecule has 0 unspecified atom stereocenters. The zero-order chi connectivity index (χ0) is 21.0. The lowest BCUT2D eigenvalue weighted by molar-refractivity contribution is -0.142. The van der Waals surface area contributed by atoms with E-state index in [-0.39, 0.29) is 0 Å². The molecule has 0 bridgehead atoms. The summed E-state index contributed by atoms with van der Waals surface area (Å²) in [7, 11) is 0. The first-order valence-corrected chi connectivity index (χ1v) is 9.65. The van der Waals surface area contributed by atoms with Crippen LogP contribution in [0, 0.1) is 5.92 Å². The highest BCUT2D eigenvalue weighted by atomic mass is 19.3. The summed E-state index contributed by atoms with van der Waals surface area (Å²) in [6.07, 6.45) is 1.76. The predicted molar refractivity (Wildman–Crippen MR) is 105 cm³/mol. The molecule has 2 aromatic rings. The second kappa shape index (κ2) is 8.76. The van der Waals surface area contributed by atoms with Crippen LogP contribution in [0.15, 0.2) is 42.5 Å². The normalized spacial score (nSPS) is 14.6. The average Bonchev–Trinajstić information content (AvgIpc) is 2.67. The Morgan fingerprint density at radius 2 is 2.00 bits per heavy atom. The fourth-order valence-corrected chi connectivity index (χ4v) is 3.23. The number of ether oxygens (including phenoxy) is 1. The molecule has 29 heavy (non-hydrogen) atoms. The van der Waals surface area contributed by atoms with E-state index in [2.05, 4.69) is 0 Å². The third-order valence-corrected chi connectivity index (χ3v) is 5.08. The van der Waals surface area contributed by atoms with Crippen LogP contribution in [0.5, 0.6) is 5.75 Å². The highest BCUT2D eigenvalue weighted by Crippen LogP contribution is 2.38. The monoisotopic (exact) mass is 407 g/mol. The second-order valence-electron chi connectivity index (χ2n) is 7.24. The maximum absolute atomic E-state index is 13.9. The summed E-state index contributed by atoms with van der Waals surface area (Å²) in [5, 5.41) is 9.05. The Balaban J connectivity index is 1.93. The molecule has 4 nitrogen and oxygen atoms in total. The minimum Gasteiger partial charge on any atom is -0.493 e. The standard InChI is InChI=1S/C22H24F3NO3/c1-2-3-9-29-20-8-7-17(22(24,25)14-23)11-19(20)15-5-4-6-18(10-15)26-12-16(13-26)21(27)28/h4-8,10-11,16H,2-3,9,12-14H2,1H3,(H,27,28). The van der Waals surface area contributed by atoms with Gasteiger partial charge in [0.1, 0.15) is 5.75 Å². The molecule has 0 spiro atoms. The van der Waals surface area contributed by atoms with Crippen molar-refractivity contribution in [3.05, 3.63) is 48.0 Å². The molecule has 1 heterocycles. The third kappa shape index (κ3) is 4.66. The van der Waals surface area contributed by atoms with E-state index in [0.29, 0.717) is 36.6 Å². The van der Waals surface area contributed by atoms with E-state index in [1.54, 1.807) is 12.1 Å². The van der Waals surface area contributed by atoms with E-state index in [9.17, 15) is 18.0 Å². The summed E-state index contributed by atoms with van der Waals surface area (Å²) in [6, 6.07) is 11.2. The van der Waals surface area contributed by atoms with Crippen molar-refractivity contribution in [2.45, 2.75) is 25.7 Å². The molecule has 1 N–H and O–H groups in total. The topological polar surface area (TPSA) is 49.8 Å². The number of alkyl halides is 3. The zero-order valence-electron chi connectivity index (χ0n) is 16.2. The van der Waals surface area contributed by atoms with Crippen LogP contribution in [-0.2, 0) is 10.7 Å². The Morgan fingerprint density at radius 1 is 1.24 bits per heavy atom. The van der Waals surface area contributed by atoms with Crippen LogP contribution in [0.3, 0.4) is 0 Å². The summed E-state index contributed by atoms with van der Waals surface area (Å²) in [5.41, 5.74) is 1.52. The third-order valence-electron chi connectivity index (χ3n) is 5.08. The van der Waals surface area contributed by atoms with Crippen molar-refractivity contribution in [2.24, 2.45) is 5.92 Å². The number of carboxylic acid groups (broad SMARTS) is 1. The largest absolute Gasteiger partial charge is 0.493 e. The molecule has 1 aliphatic rings. The minimum atomic E-state index is -3.57. The van der Waals surface area contributed by atoms with Gasteiger partial charge >= 0.3 is 11.9 Å². The summed E-state index contributed by atoms with van der Waals surface area (Å²) < 4.78 is 46.5. The number of carbonyl (C=O) groups is 1. The van der Waals surface area contributed by atoms with Crippen molar-refractivity contribution in [3.8, 4) is 16.9 Å². The van der Waals surface area contributed by atoms with Crippen molar-refractivity contribution in [3.63, 3.8) is 0 Å². The molecule has 0 saturated carbocycles. The quantitative estimate of drug-likeness (QED) is 0.587. The number of unbranched alkanes of at least 4 members (excludes halogenated alkanes) is 1. The number of benzene rings is 2. The first-order chi connectivity index (χ1) is 13.9. The van der Waals surface area contributed by atoms with Crippen LogP contribution in [0.4, 0.5) is 18.9 Å². The van der Waals surface area contributed by atoms with Gasteiger partial charge in [0.25, 0.3) is 0 Å². The summed E-state index contributed by atoms with van der Waals surface area (Å²) in [5.74, 6) is -4.34. The van der Waals surface area contributed by atoms with E-state index in [1.807, 2.05) is 24.0 Å². The van der Waals surface area contributed by atoms with Gasteiger partial charge in [0.05, 0.1) is 12.5 Å². The SMILES string of the molecule is CCCCOc1ccc(C(F)(F)CF)cc1-c1cccc(N2CC(C(=O)O)C2)c1. The van der Waals surface area contributed by atoms with Crippen LogP contribution < -0.4 is 9.64 Å².